The Morgan fingerprint density at radius 3 is 2.38 bits per heavy atom. The van der Waals surface area contributed by atoms with Gasteiger partial charge in [-0.2, -0.15) is 0 Å². The van der Waals surface area contributed by atoms with Gasteiger partial charge in [-0.15, -0.1) is 0 Å². The number of ether oxygens (including phenoxy) is 1. The fraction of sp³-hybridized carbons (Fsp3) is 0.333. The molecular weight excluding hydrogens is 208 g/mol. The van der Waals surface area contributed by atoms with Crippen LogP contribution in [0.2, 0.25) is 0 Å². The SMILES string of the molecule is Cc1ccc(OC(=O)C(C)CC(=O)O)cc1. The molecule has 0 saturated heterocycles. The molecule has 1 rings (SSSR count). The van der Waals surface area contributed by atoms with Gasteiger partial charge in [0.1, 0.15) is 5.75 Å². The van der Waals surface area contributed by atoms with Crippen LogP contribution in [0.1, 0.15) is 18.9 Å². The summed E-state index contributed by atoms with van der Waals surface area (Å²) in [6.07, 6.45) is -0.218. The zero-order valence-corrected chi connectivity index (χ0v) is 9.27. The number of hydrogen-bond donors (Lipinski definition) is 1. The molecule has 0 aromatic heterocycles. The fourth-order valence-corrected chi connectivity index (χ4v) is 1.17. The maximum absolute atomic E-state index is 11.4. The maximum atomic E-state index is 11.4. The summed E-state index contributed by atoms with van der Waals surface area (Å²) in [7, 11) is 0. The Bertz CT molecular complexity index is 381. The van der Waals surface area contributed by atoms with Crippen molar-refractivity contribution in [3.05, 3.63) is 29.8 Å². The van der Waals surface area contributed by atoms with E-state index in [0.29, 0.717) is 5.75 Å². The summed E-state index contributed by atoms with van der Waals surface area (Å²) in [5.74, 6) is -1.73. The second kappa shape index (κ2) is 5.30. The lowest BCUT2D eigenvalue weighted by molar-refractivity contribution is -0.145. The second-order valence-corrected chi connectivity index (χ2v) is 3.73. The lowest BCUT2D eigenvalue weighted by Crippen LogP contribution is -2.20. The summed E-state index contributed by atoms with van der Waals surface area (Å²) in [4.78, 5) is 21.9. The van der Waals surface area contributed by atoms with E-state index in [0.717, 1.165) is 5.56 Å². The highest BCUT2D eigenvalue weighted by molar-refractivity contribution is 5.80. The molecule has 4 heteroatoms. The molecule has 1 N–H and O–H groups in total. The largest absolute Gasteiger partial charge is 0.481 e. The molecule has 1 unspecified atom stereocenters. The van der Waals surface area contributed by atoms with Gasteiger partial charge in [-0.3, -0.25) is 9.59 Å². The number of rotatable bonds is 4. The van der Waals surface area contributed by atoms with Crippen molar-refractivity contribution < 1.29 is 19.4 Å². The van der Waals surface area contributed by atoms with E-state index in [9.17, 15) is 9.59 Å². The van der Waals surface area contributed by atoms with Gasteiger partial charge >= 0.3 is 11.9 Å². The standard InChI is InChI=1S/C12H14O4/c1-8-3-5-10(6-4-8)16-12(15)9(2)7-11(13)14/h3-6,9H,7H2,1-2H3,(H,13,14). The zero-order valence-electron chi connectivity index (χ0n) is 9.27. The minimum Gasteiger partial charge on any atom is -0.481 e. The van der Waals surface area contributed by atoms with Crippen LogP contribution in [0.25, 0.3) is 0 Å². The van der Waals surface area contributed by atoms with Crippen LogP contribution < -0.4 is 4.74 Å². The summed E-state index contributed by atoms with van der Waals surface area (Å²) in [6.45, 7) is 3.46. The molecule has 16 heavy (non-hydrogen) atoms. The molecule has 1 atom stereocenters. The van der Waals surface area contributed by atoms with Gasteiger partial charge in [0, 0.05) is 0 Å². The number of aryl methyl sites for hydroxylation is 1. The van der Waals surface area contributed by atoms with Gasteiger partial charge in [0.15, 0.2) is 0 Å². The molecule has 0 aliphatic heterocycles. The number of carboxylic acid groups (broad SMARTS) is 1. The van der Waals surface area contributed by atoms with Crippen LogP contribution in [0.3, 0.4) is 0 Å². The van der Waals surface area contributed by atoms with Crippen molar-refractivity contribution in [3.63, 3.8) is 0 Å². The molecule has 0 aliphatic carbocycles. The zero-order chi connectivity index (χ0) is 12.1. The molecule has 0 amide bonds. The highest BCUT2D eigenvalue weighted by atomic mass is 16.5. The first-order valence-electron chi connectivity index (χ1n) is 4.99. The van der Waals surface area contributed by atoms with E-state index >= 15 is 0 Å². The van der Waals surface area contributed by atoms with E-state index in [-0.39, 0.29) is 6.42 Å². The summed E-state index contributed by atoms with van der Waals surface area (Å²) in [5.41, 5.74) is 1.07. The van der Waals surface area contributed by atoms with Crippen molar-refractivity contribution in [2.45, 2.75) is 20.3 Å². The lowest BCUT2D eigenvalue weighted by atomic mass is 10.1. The predicted octanol–water partition coefficient (Wildman–Crippen LogP) is 2.01. The minimum atomic E-state index is -1.01. The molecule has 86 valence electrons. The van der Waals surface area contributed by atoms with Gasteiger partial charge in [-0.1, -0.05) is 24.6 Å². The van der Waals surface area contributed by atoms with E-state index in [1.807, 2.05) is 19.1 Å². The molecule has 0 heterocycles. The highest BCUT2D eigenvalue weighted by Gasteiger charge is 2.18. The van der Waals surface area contributed by atoms with Crippen LogP contribution in [0, 0.1) is 12.8 Å². The van der Waals surface area contributed by atoms with Gasteiger partial charge < -0.3 is 9.84 Å². The molecule has 0 bridgehead atoms. The van der Waals surface area contributed by atoms with Crippen LogP contribution in [0.5, 0.6) is 5.75 Å². The number of carboxylic acids is 1. The highest BCUT2D eigenvalue weighted by Crippen LogP contribution is 2.14. The monoisotopic (exact) mass is 222 g/mol. The number of hydrogen-bond acceptors (Lipinski definition) is 3. The van der Waals surface area contributed by atoms with E-state index in [4.69, 9.17) is 9.84 Å². The van der Waals surface area contributed by atoms with Gasteiger partial charge in [-0.25, -0.2) is 0 Å². The molecular formula is C12H14O4. The summed E-state index contributed by atoms with van der Waals surface area (Å²) < 4.78 is 5.03. The Kier molecular flexibility index (Phi) is 4.05. The quantitative estimate of drug-likeness (QED) is 0.625. The summed E-state index contributed by atoms with van der Waals surface area (Å²) in [5, 5.41) is 8.53. The third kappa shape index (κ3) is 3.73. The topological polar surface area (TPSA) is 63.6 Å². The molecule has 0 spiro atoms. The normalized spacial score (nSPS) is 11.9. The molecule has 1 aromatic carbocycles. The van der Waals surface area contributed by atoms with Crippen molar-refractivity contribution in [1.29, 1.82) is 0 Å². The van der Waals surface area contributed by atoms with Crippen LogP contribution in [0.4, 0.5) is 0 Å². The first-order valence-corrected chi connectivity index (χ1v) is 4.99. The molecule has 1 aromatic rings. The van der Waals surface area contributed by atoms with Gasteiger partial charge in [-0.05, 0) is 19.1 Å². The summed E-state index contributed by atoms with van der Waals surface area (Å²) in [6, 6.07) is 7.01. The van der Waals surface area contributed by atoms with E-state index in [2.05, 4.69) is 0 Å². The predicted molar refractivity (Wildman–Crippen MR) is 58.2 cm³/mol. The summed E-state index contributed by atoms with van der Waals surface area (Å²) >= 11 is 0. The minimum absolute atomic E-state index is 0.218. The number of carbonyl (C=O) groups excluding carboxylic acids is 1. The Morgan fingerprint density at radius 1 is 1.31 bits per heavy atom. The van der Waals surface area contributed by atoms with Gasteiger partial charge in [0.25, 0.3) is 0 Å². The molecule has 4 nitrogen and oxygen atoms in total. The third-order valence-corrected chi connectivity index (χ3v) is 2.12. The molecule has 0 radical (unpaired) electrons. The van der Waals surface area contributed by atoms with Crippen molar-refractivity contribution in [3.8, 4) is 5.75 Å². The number of aliphatic carboxylic acids is 1. The average molecular weight is 222 g/mol. The van der Waals surface area contributed by atoms with E-state index in [1.54, 1.807) is 12.1 Å². The second-order valence-electron chi connectivity index (χ2n) is 3.73. The Labute approximate surface area is 93.9 Å². The Balaban J connectivity index is 2.57. The van der Waals surface area contributed by atoms with Crippen molar-refractivity contribution in [1.82, 2.24) is 0 Å². The fourth-order valence-electron chi connectivity index (χ4n) is 1.17. The molecule has 0 aliphatic rings. The van der Waals surface area contributed by atoms with E-state index in [1.165, 1.54) is 6.92 Å². The van der Waals surface area contributed by atoms with Crippen molar-refractivity contribution in [2.75, 3.05) is 0 Å². The molecule has 0 saturated carbocycles. The van der Waals surface area contributed by atoms with Gasteiger partial charge in [0.05, 0.1) is 12.3 Å². The Morgan fingerprint density at radius 2 is 1.88 bits per heavy atom. The van der Waals surface area contributed by atoms with Crippen molar-refractivity contribution in [2.24, 2.45) is 5.92 Å². The first-order chi connectivity index (χ1) is 7.49. The number of carbonyl (C=O) groups is 2. The van der Waals surface area contributed by atoms with Crippen molar-refractivity contribution >= 4 is 11.9 Å². The smallest absolute Gasteiger partial charge is 0.314 e. The first kappa shape index (κ1) is 12.2. The number of benzene rings is 1. The third-order valence-electron chi connectivity index (χ3n) is 2.12. The van der Waals surface area contributed by atoms with Crippen LogP contribution >= 0.6 is 0 Å². The van der Waals surface area contributed by atoms with Crippen LogP contribution in [0.15, 0.2) is 24.3 Å². The number of esters is 1. The maximum Gasteiger partial charge on any atom is 0.314 e. The Hall–Kier alpha value is -1.84. The van der Waals surface area contributed by atoms with Crippen LogP contribution in [-0.2, 0) is 9.59 Å². The van der Waals surface area contributed by atoms with E-state index < -0.39 is 17.9 Å². The molecule has 0 fully saturated rings. The van der Waals surface area contributed by atoms with Crippen LogP contribution in [-0.4, -0.2) is 17.0 Å². The average Bonchev–Trinajstić information content (AvgIpc) is 2.20. The lowest BCUT2D eigenvalue weighted by Gasteiger charge is -2.08. The van der Waals surface area contributed by atoms with Gasteiger partial charge in [0.2, 0.25) is 0 Å².